The van der Waals surface area contributed by atoms with Crippen molar-refractivity contribution in [2.75, 3.05) is 6.61 Å². The van der Waals surface area contributed by atoms with E-state index in [9.17, 15) is 14.7 Å². The van der Waals surface area contributed by atoms with Crippen molar-refractivity contribution < 1.29 is 24.2 Å². The fourth-order valence-corrected chi connectivity index (χ4v) is 2.20. The van der Waals surface area contributed by atoms with Crippen molar-refractivity contribution >= 4 is 18.1 Å². The van der Waals surface area contributed by atoms with Crippen molar-refractivity contribution in [3.8, 4) is 5.75 Å². The highest BCUT2D eigenvalue weighted by Crippen LogP contribution is 2.26. The van der Waals surface area contributed by atoms with Crippen LogP contribution in [-0.4, -0.2) is 29.4 Å². The number of fused-ring (bicyclic) bond motifs is 1. The number of benzene rings is 1. The van der Waals surface area contributed by atoms with Gasteiger partial charge in [0.1, 0.15) is 17.0 Å². The highest BCUT2D eigenvalue weighted by molar-refractivity contribution is 5.95. The molecule has 0 fully saturated rings. The quantitative estimate of drug-likeness (QED) is 0.837. The van der Waals surface area contributed by atoms with Crippen LogP contribution in [0.2, 0.25) is 0 Å². The van der Waals surface area contributed by atoms with Crippen molar-refractivity contribution in [3.63, 3.8) is 0 Å². The van der Waals surface area contributed by atoms with Gasteiger partial charge in [-0.1, -0.05) is 6.07 Å². The molecule has 1 aromatic rings. The molecule has 0 aliphatic carbocycles. The van der Waals surface area contributed by atoms with Crippen molar-refractivity contribution in [3.05, 3.63) is 35.0 Å². The van der Waals surface area contributed by atoms with Crippen LogP contribution in [0.5, 0.6) is 5.75 Å². The summed E-state index contributed by atoms with van der Waals surface area (Å²) in [6, 6.07) is 5.44. The van der Waals surface area contributed by atoms with Crippen LogP contribution >= 0.6 is 0 Å². The molecule has 124 valence electrons. The second-order valence-corrected chi connectivity index (χ2v) is 6.31. The molecule has 0 atom stereocenters. The number of hydrogen-bond acceptors (Lipinski definition) is 4. The Kier molecular flexibility index (Phi) is 4.93. The molecule has 2 rings (SSSR count). The summed E-state index contributed by atoms with van der Waals surface area (Å²) in [6.45, 7) is 5.82. The minimum absolute atomic E-state index is 0.240. The van der Waals surface area contributed by atoms with E-state index in [4.69, 9.17) is 9.47 Å². The SMILES string of the molecule is CC(C)(C)OC(=O)N/C(=C\c1ccc2c(c1)CCCO2)C(=O)O. The lowest BCUT2D eigenvalue weighted by molar-refractivity contribution is -0.133. The van der Waals surface area contributed by atoms with Gasteiger partial charge in [0, 0.05) is 0 Å². The second-order valence-electron chi connectivity index (χ2n) is 6.31. The summed E-state index contributed by atoms with van der Waals surface area (Å²) in [6.07, 6.45) is 2.43. The van der Waals surface area contributed by atoms with Crippen LogP contribution in [0.1, 0.15) is 38.3 Å². The molecule has 0 aromatic heterocycles. The van der Waals surface area contributed by atoms with Crippen LogP contribution in [0.15, 0.2) is 23.9 Å². The number of hydrogen-bond donors (Lipinski definition) is 2. The molecule has 6 nitrogen and oxygen atoms in total. The van der Waals surface area contributed by atoms with E-state index in [0.717, 1.165) is 24.2 Å². The highest BCUT2D eigenvalue weighted by Gasteiger charge is 2.19. The van der Waals surface area contributed by atoms with Crippen LogP contribution in [0.3, 0.4) is 0 Å². The van der Waals surface area contributed by atoms with Crippen LogP contribution in [-0.2, 0) is 16.0 Å². The van der Waals surface area contributed by atoms with Crippen LogP contribution in [0.4, 0.5) is 4.79 Å². The Morgan fingerprint density at radius 3 is 2.74 bits per heavy atom. The molecule has 1 aromatic carbocycles. The van der Waals surface area contributed by atoms with E-state index in [2.05, 4.69) is 5.32 Å². The van der Waals surface area contributed by atoms with E-state index in [-0.39, 0.29) is 5.70 Å². The predicted molar refractivity (Wildman–Crippen MR) is 85.2 cm³/mol. The number of amides is 1. The molecule has 0 saturated heterocycles. The Hall–Kier alpha value is -2.50. The largest absolute Gasteiger partial charge is 0.493 e. The zero-order valence-electron chi connectivity index (χ0n) is 13.5. The summed E-state index contributed by atoms with van der Waals surface area (Å²) in [4.78, 5) is 23.1. The molecule has 0 spiro atoms. The second kappa shape index (κ2) is 6.73. The van der Waals surface area contributed by atoms with Crippen LogP contribution in [0.25, 0.3) is 6.08 Å². The Morgan fingerprint density at radius 1 is 1.35 bits per heavy atom. The summed E-state index contributed by atoms with van der Waals surface area (Å²) in [5.41, 5.74) is 0.780. The first-order valence-corrected chi connectivity index (χ1v) is 7.45. The maximum Gasteiger partial charge on any atom is 0.412 e. The lowest BCUT2D eigenvalue weighted by Crippen LogP contribution is -2.34. The topological polar surface area (TPSA) is 84.9 Å². The van der Waals surface area contributed by atoms with Gasteiger partial charge in [-0.2, -0.15) is 0 Å². The number of nitrogens with one attached hydrogen (secondary N) is 1. The van der Waals surface area contributed by atoms with Gasteiger partial charge in [0.2, 0.25) is 0 Å². The molecule has 1 heterocycles. The summed E-state index contributed by atoms with van der Waals surface area (Å²) in [5.74, 6) is -0.407. The van der Waals surface area contributed by atoms with Gasteiger partial charge >= 0.3 is 12.1 Å². The number of ether oxygens (including phenoxy) is 2. The van der Waals surface area contributed by atoms with Gasteiger partial charge in [-0.3, -0.25) is 5.32 Å². The van der Waals surface area contributed by atoms with Gasteiger partial charge in [0.05, 0.1) is 6.61 Å². The molecule has 1 amide bonds. The van der Waals surface area contributed by atoms with Crippen molar-refractivity contribution in [1.29, 1.82) is 0 Å². The Morgan fingerprint density at radius 2 is 2.09 bits per heavy atom. The van der Waals surface area contributed by atoms with Gasteiger partial charge in [0.15, 0.2) is 0 Å². The number of carboxylic acids is 1. The standard InChI is InChI=1S/C17H21NO5/c1-17(2,3)23-16(21)18-13(15(19)20)10-11-6-7-14-12(9-11)5-4-8-22-14/h6-7,9-10H,4-5,8H2,1-3H3,(H,18,21)(H,19,20)/b13-10-. The van der Waals surface area contributed by atoms with E-state index in [1.807, 2.05) is 12.1 Å². The lowest BCUT2D eigenvalue weighted by atomic mass is 10.0. The number of carbonyl (C=O) groups excluding carboxylic acids is 1. The molecule has 0 radical (unpaired) electrons. The van der Waals surface area contributed by atoms with Crippen LogP contribution < -0.4 is 10.1 Å². The van der Waals surface area contributed by atoms with Crippen molar-refractivity contribution in [2.45, 2.75) is 39.2 Å². The van der Waals surface area contributed by atoms with Gasteiger partial charge < -0.3 is 14.6 Å². The first kappa shape index (κ1) is 16.9. The number of aryl methyl sites for hydroxylation is 1. The van der Waals surface area contributed by atoms with Gasteiger partial charge in [-0.15, -0.1) is 0 Å². The highest BCUT2D eigenvalue weighted by atomic mass is 16.6. The minimum Gasteiger partial charge on any atom is -0.493 e. The van der Waals surface area contributed by atoms with Gasteiger partial charge in [0.25, 0.3) is 0 Å². The maximum atomic E-state index is 11.7. The van der Waals surface area contributed by atoms with Crippen LogP contribution in [0, 0.1) is 0 Å². The average molecular weight is 319 g/mol. The Bertz CT molecular complexity index is 643. The molecule has 23 heavy (non-hydrogen) atoms. The maximum absolute atomic E-state index is 11.7. The molecule has 2 N–H and O–H groups in total. The third-order valence-corrected chi connectivity index (χ3v) is 3.11. The number of rotatable bonds is 3. The fraction of sp³-hybridized carbons (Fsp3) is 0.412. The number of carbonyl (C=O) groups is 2. The van der Waals surface area contributed by atoms with Gasteiger partial charge in [-0.25, -0.2) is 9.59 Å². The average Bonchev–Trinajstić information content (AvgIpc) is 2.44. The molecule has 1 aliphatic rings. The molecule has 0 unspecified atom stereocenters. The predicted octanol–water partition coefficient (Wildman–Crippen LogP) is 2.96. The third-order valence-electron chi connectivity index (χ3n) is 3.11. The molecular weight excluding hydrogens is 298 g/mol. The molecule has 0 bridgehead atoms. The summed E-state index contributed by atoms with van der Waals surface area (Å²) in [7, 11) is 0. The normalized spacial score (nSPS) is 14.5. The number of carboxylic acid groups (broad SMARTS) is 1. The van der Waals surface area contributed by atoms with E-state index in [1.165, 1.54) is 6.08 Å². The van der Waals surface area contributed by atoms with E-state index in [1.54, 1.807) is 26.8 Å². The smallest absolute Gasteiger partial charge is 0.412 e. The van der Waals surface area contributed by atoms with E-state index >= 15 is 0 Å². The summed E-state index contributed by atoms with van der Waals surface area (Å²) < 4.78 is 10.6. The lowest BCUT2D eigenvalue weighted by Gasteiger charge is -2.20. The molecular formula is C17H21NO5. The number of aliphatic carboxylic acids is 1. The monoisotopic (exact) mass is 319 g/mol. The van der Waals surface area contributed by atoms with E-state index < -0.39 is 17.7 Å². The fourth-order valence-electron chi connectivity index (χ4n) is 2.20. The Balaban J connectivity index is 2.18. The van der Waals surface area contributed by atoms with Crippen molar-refractivity contribution in [2.24, 2.45) is 0 Å². The zero-order chi connectivity index (χ0) is 17.0. The third kappa shape index (κ3) is 5.02. The first-order chi connectivity index (χ1) is 10.7. The summed E-state index contributed by atoms with van der Waals surface area (Å²) >= 11 is 0. The number of alkyl carbamates (subject to hydrolysis) is 1. The minimum atomic E-state index is -1.23. The zero-order valence-corrected chi connectivity index (χ0v) is 13.5. The Labute approximate surface area is 135 Å². The molecule has 6 heteroatoms. The van der Waals surface area contributed by atoms with Gasteiger partial charge in [-0.05, 0) is 62.9 Å². The first-order valence-electron chi connectivity index (χ1n) is 7.45. The van der Waals surface area contributed by atoms with Crippen molar-refractivity contribution in [1.82, 2.24) is 5.32 Å². The molecule has 0 saturated carbocycles. The van der Waals surface area contributed by atoms with E-state index in [0.29, 0.717) is 12.2 Å². The summed E-state index contributed by atoms with van der Waals surface area (Å²) in [5, 5.41) is 11.5. The molecule has 1 aliphatic heterocycles.